The molecule has 0 radical (unpaired) electrons. The Morgan fingerprint density at radius 3 is 2.59 bits per heavy atom. The topological polar surface area (TPSA) is 58.6 Å². The molecule has 1 atom stereocenters. The molecule has 92 valence electrons. The van der Waals surface area contributed by atoms with Crippen LogP contribution in [0.5, 0.6) is 5.75 Å². The number of hydrogen-bond acceptors (Lipinski definition) is 4. The molecule has 0 amide bonds. The van der Waals surface area contributed by atoms with Gasteiger partial charge < -0.3 is 9.84 Å². The highest BCUT2D eigenvalue weighted by atomic mass is 16.5. The van der Waals surface area contributed by atoms with Crippen molar-refractivity contribution in [2.75, 3.05) is 13.7 Å². The Balaban J connectivity index is 2.38. The molecule has 2 rings (SSSR count). The van der Waals surface area contributed by atoms with Gasteiger partial charge in [0.2, 0.25) is 0 Å². The third-order valence-electron chi connectivity index (χ3n) is 3.30. The van der Waals surface area contributed by atoms with Crippen LogP contribution in [0.25, 0.3) is 0 Å². The molecular weight excluding hydrogens is 218 g/mol. The molecule has 1 aliphatic rings. The summed E-state index contributed by atoms with van der Waals surface area (Å²) in [6.07, 6.45) is 2.78. The summed E-state index contributed by atoms with van der Waals surface area (Å²) in [5, 5.41) is 12.6. The molecular formula is C13H17NO3. The predicted molar refractivity (Wildman–Crippen MR) is 63.7 cm³/mol. The molecule has 0 spiro atoms. The number of nitrogens with one attached hydrogen (secondary N) is 1. The van der Waals surface area contributed by atoms with Crippen molar-refractivity contribution in [2.24, 2.45) is 0 Å². The number of piperidine rings is 1. The zero-order valence-electron chi connectivity index (χ0n) is 9.90. The Bertz CT molecular complexity index is 394. The van der Waals surface area contributed by atoms with Gasteiger partial charge in [-0.15, -0.1) is 0 Å². The highest BCUT2D eigenvalue weighted by Gasteiger charge is 2.42. The molecule has 0 aromatic heterocycles. The van der Waals surface area contributed by atoms with Crippen LogP contribution in [0.2, 0.25) is 0 Å². The van der Waals surface area contributed by atoms with E-state index in [0.29, 0.717) is 0 Å². The first-order chi connectivity index (χ1) is 8.19. The van der Waals surface area contributed by atoms with E-state index in [4.69, 9.17) is 4.74 Å². The number of carbonyl (C=O) groups excluding carboxylic acids is 1. The van der Waals surface area contributed by atoms with Gasteiger partial charge in [0.25, 0.3) is 0 Å². The van der Waals surface area contributed by atoms with Crippen LogP contribution in [0.4, 0.5) is 0 Å². The minimum Gasteiger partial charge on any atom is -0.508 e. The summed E-state index contributed by atoms with van der Waals surface area (Å²) >= 11 is 0. The fourth-order valence-electron chi connectivity index (χ4n) is 2.36. The molecule has 1 unspecified atom stereocenters. The average Bonchev–Trinajstić information content (AvgIpc) is 2.39. The van der Waals surface area contributed by atoms with Crippen molar-refractivity contribution in [3.05, 3.63) is 29.8 Å². The largest absolute Gasteiger partial charge is 0.508 e. The van der Waals surface area contributed by atoms with E-state index >= 15 is 0 Å². The number of hydrogen-bond donors (Lipinski definition) is 2. The van der Waals surface area contributed by atoms with Gasteiger partial charge in [-0.3, -0.25) is 5.32 Å². The van der Waals surface area contributed by atoms with Crippen LogP contribution in [-0.4, -0.2) is 24.7 Å². The Kier molecular flexibility index (Phi) is 3.33. The van der Waals surface area contributed by atoms with Crippen LogP contribution in [0.1, 0.15) is 24.8 Å². The fourth-order valence-corrected chi connectivity index (χ4v) is 2.36. The quantitative estimate of drug-likeness (QED) is 0.763. The maximum atomic E-state index is 12.0. The minimum absolute atomic E-state index is 0.199. The van der Waals surface area contributed by atoms with Gasteiger partial charge in [-0.1, -0.05) is 12.1 Å². The number of ether oxygens (including phenoxy) is 1. The number of methoxy groups -OCH3 is 1. The van der Waals surface area contributed by atoms with Gasteiger partial charge in [-0.05, 0) is 43.5 Å². The second kappa shape index (κ2) is 4.75. The van der Waals surface area contributed by atoms with Crippen LogP contribution in [0, 0.1) is 0 Å². The third-order valence-corrected chi connectivity index (χ3v) is 3.30. The lowest BCUT2D eigenvalue weighted by molar-refractivity contribution is -0.150. The van der Waals surface area contributed by atoms with Crippen LogP contribution in [-0.2, 0) is 15.1 Å². The number of phenols is 1. The lowest BCUT2D eigenvalue weighted by atomic mass is 9.82. The molecule has 0 bridgehead atoms. The van der Waals surface area contributed by atoms with Crippen molar-refractivity contribution in [1.29, 1.82) is 0 Å². The first-order valence-corrected chi connectivity index (χ1v) is 5.82. The normalized spacial score (nSPS) is 24.3. The molecule has 1 heterocycles. The molecule has 1 saturated heterocycles. The fraction of sp³-hybridized carbons (Fsp3) is 0.462. The molecule has 0 aliphatic carbocycles. The average molecular weight is 235 g/mol. The maximum absolute atomic E-state index is 12.0. The van der Waals surface area contributed by atoms with Gasteiger partial charge in [-0.2, -0.15) is 0 Å². The summed E-state index contributed by atoms with van der Waals surface area (Å²) < 4.78 is 4.91. The minimum atomic E-state index is -0.749. The molecule has 0 saturated carbocycles. The first-order valence-electron chi connectivity index (χ1n) is 5.82. The molecule has 17 heavy (non-hydrogen) atoms. The Morgan fingerprint density at radius 2 is 2.06 bits per heavy atom. The zero-order valence-corrected chi connectivity index (χ0v) is 9.90. The zero-order chi connectivity index (χ0) is 12.3. The van der Waals surface area contributed by atoms with E-state index < -0.39 is 5.54 Å². The van der Waals surface area contributed by atoms with Crippen LogP contribution in [0.15, 0.2) is 24.3 Å². The second-order valence-corrected chi connectivity index (χ2v) is 4.33. The summed E-state index contributed by atoms with van der Waals surface area (Å²) in [5.74, 6) is -0.0625. The van der Waals surface area contributed by atoms with Crippen molar-refractivity contribution >= 4 is 5.97 Å². The maximum Gasteiger partial charge on any atom is 0.330 e. The van der Waals surface area contributed by atoms with Gasteiger partial charge in [-0.25, -0.2) is 4.79 Å². The van der Waals surface area contributed by atoms with Crippen molar-refractivity contribution in [3.8, 4) is 5.75 Å². The lowest BCUT2D eigenvalue weighted by Crippen LogP contribution is -2.52. The number of phenolic OH excluding ortho intramolecular Hbond substituents is 1. The highest BCUT2D eigenvalue weighted by molar-refractivity contribution is 5.82. The van der Waals surface area contributed by atoms with Gasteiger partial charge in [0.1, 0.15) is 11.3 Å². The lowest BCUT2D eigenvalue weighted by Gasteiger charge is -2.36. The number of esters is 1. The van der Waals surface area contributed by atoms with Crippen molar-refractivity contribution in [1.82, 2.24) is 5.32 Å². The summed E-state index contributed by atoms with van der Waals surface area (Å²) in [4.78, 5) is 12.0. The van der Waals surface area contributed by atoms with E-state index in [1.807, 2.05) is 0 Å². The van der Waals surface area contributed by atoms with Crippen LogP contribution >= 0.6 is 0 Å². The highest BCUT2D eigenvalue weighted by Crippen LogP contribution is 2.32. The second-order valence-electron chi connectivity index (χ2n) is 4.33. The van der Waals surface area contributed by atoms with Gasteiger partial charge >= 0.3 is 5.97 Å². The summed E-state index contributed by atoms with van der Waals surface area (Å²) in [5.41, 5.74) is 0.0996. The number of aromatic hydroxyl groups is 1. The van der Waals surface area contributed by atoms with E-state index in [0.717, 1.165) is 31.4 Å². The smallest absolute Gasteiger partial charge is 0.330 e. The van der Waals surface area contributed by atoms with E-state index in [9.17, 15) is 9.90 Å². The monoisotopic (exact) mass is 235 g/mol. The van der Waals surface area contributed by atoms with Gasteiger partial charge in [0.15, 0.2) is 0 Å². The van der Waals surface area contributed by atoms with E-state index in [-0.39, 0.29) is 11.7 Å². The van der Waals surface area contributed by atoms with E-state index in [1.165, 1.54) is 7.11 Å². The van der Waals surface area contributed by atoms with Crippen molar-refractivity contribution in [3.63, 3.8) is 0 Å². The van der Waals surface area contributed by atoms with Crippen molar-refractivity contribution in [2.45, 2.75) is 24.8 Å². The molecule has 4 heteroatoms. The summed E-state index contributed by atoms with van der Waals surface area (Å²) in [6.45, 7) is 0.802. The predicted octanol–water partition coefficient (Wildman–Crippen LogP) is 1.53. The van der Waals surface area contributed by atoms with Crippen LogP contribution in [0.3, 0.4) is 0 Å². The molecule has 4 nitrogen and oxygen atoms in total. The Morgan fingerprint density at radius 1 is 1.35 bits per heavy atom. The van der Waals surface area contributed by atoms with E-state index in [2.05, 4.69) is 5.32 Å². The molecule has 2 N–H and O–H groups in total. The van der Waals surface area contributed by atoms with Gasteiger partial charge in [0.05, 0.1) is 7.11 Å². The molecule has 1 fully saturated rings. The Hall–Kier alpha value is -1.55. The number of benzene rings is 1. The summed E-state index contributed by atoms with van der Waals surface area (Å²) in [7, 11) is 1.40. The standard InChI is InChI=1S/C13H17NO3/c1-17-12(16)13(8-2-3-9-14-13)10-4-6-11(15)7-5-10/h4-7,14-15H,2-3,8-9H2,1H3. The molecule has 1 aromatic carbocycles. The van der Waals surface area contributed by atoms with E-state index in [1.54, 1.807) is 24.3 Å². The third kappa shape index (κ3) is 2.13. The van der Waals surface area contributed by atoms with Crippen LogP contribution < -0.4 is 5.32 Å². The SMILES string of the molecule is COC(=O)C1(c2ccc(O)cc2)CCCCN1. The summed E-state index contributed by atoms with van der Waals surface area (Å²) in [6, 6.07) is 6.72. The molecule has 1 aliphatic heterocycles. The van der Waals surface area contributed by atoms with Crippen molar-refractivity contribution < 1.29 is 14.6 Å². The number of carbonyl (C=O) groups is 1. The number of rotatable bonds is 2. The molecule has 1 aromatic rings. The Labute approximate surface area is 101 Å². The first kappa shape index (κ1) is 11.9. The van der Waals surface area contributed by atoms with Gasteiger partial charge in [0, 0.05) is 0 Å².